The lowest BCUT2D eigenvalue weighted by atomic mass is 10.2. The molecular formula is C14H21NO3. The monoisotopic (exact) mass is 251 g/mol. The molecule has 0 bridgehead atoms. The van der Waals surface area contributed by atoms with Crippen LogP contribution in [-0.4, -0.2) is 25.7 Å². The number of hydrogen-bond donors (Lipinski definition) is 1. The molecule has 1 atom stereocenters. The van der Waals surface area contributed by atoms with E-state index in [1.165, 1.54) is 6.92 Å². The summed E-state index contributed by atoms with van der Waals surface area (Å²) in [5.41, 5.74) is 1.15. The average molecular weight is 251 g/mol. The SMILES string of the molecule is CCC(COC(C)=O)NCc1cccc(OC)c1. The molecule has 0 saturated carbocycles. The van der Waals surface area contributed by atoms with E-state index in [2.05, 4.69) is 12.2 Å². The van der Waals surface area contributed by atoms with Crippen molar-refractivity contribution in [2.75, 3.05) is 13.7 Å². The highest BCUT2D eigenvalue weighted by atomic mass is 16.5. The number of nitrogens with one attached hydrogen (secondary N) is 1. The Bertz CT molecular complexity index is 379. The Kier molecular flexibility index (Phi) is 6.22. The normalized spacial score (nSPS) is 11.9. The van der Waals surface area contributed by atoms with Crippen LogP contribution in [0.15, 0.2) is 24.3 Å². The maximum atomic E-state index is 10.8. The van der Waals surface area contributed by atoms with E-state index in [0.29, 0.717) is 6.61 Å². The van der Waals surface area contributed by atoms with Crippen molar-refractivity contribution in [2.24, 2.45) is 0 Å². The van der Waals surface area contributed by atoms with Crippen molar-refractivity contribution >= 4 is 5.97 Å². The second kappa shape index (κ2) is 7.71. The van der Waals surface area contributed by atoms with Crippen LogP contribution in [0.4, 0.5) is 0 Å². The second-order valence-corrected chi connectivity index (χ2v) is 4.14. The zero-order valence-corrected chi connectivity index (χ0v) is 11.2. The molecule has 100 valence electrons. The predicted octanol–water partition coefficient (Wildman–Crippen LogP) is 2.13. The molecule has 0 saturated heterocycles. The lowest BCUT2D eigenvalue weighted by Gasteiger charge is -2.16. The van der Waals surface area contributed by atoms with Crippen molar-refractivity contribution in [3.8, 4) is 5.75 Å². The van der Waals surface area contributed by atoms with E-state index in [-0.39, 0.29) is 12.0 Å². The Morgan fingerprint density at radius 3 is 2.83 bits per heavy atom. The van der Waals surface area contributed by atoms with Gasteiger partial charge in [-0.15, -0.1) is 0 Å². The minimum Gasteiger partial charge on any atom is -0.497 e. The molecule has 4 heteroatoms. The molecule has 0 spiro atoms. The highest BCUT2D eigenvalue weighted by Crippen LogP contribution is 2.12. The van der Waals surface area contributed by atoms with Crippen LogP contribution >= 0.6 is 0 Å². The lowest BCUT2D eigenvalue weighted by Crippen LogP contribution is -2.33. The molecule has 0 radical (unpaired) electrons. The number of methoxy groups -OCH3 is 1. The first-order valence-electron chi connectivity index (χ1n) is 6.15. The van der Waals surface area contributed by atoms with Gasteiger partial charge in [0.15, 0.2) is 0 Å². The average Bonchev–Trinajstić information content (AvgIpc) is 2.39. The summed E-state index contributed by atoms with van der Waals surface area (Å²) in [6.07, 6.45) is 0.914. The number of benzene rings is 1. The fourth-order valence-electron chi connectivity index (χ4n) is 1.58. The van der Waals surface area contributed by atoms with Gasteiger partial charge in [0.05, 0.1) is 7.11 Å². The van der Waals surface area contributed by atoms with Crippen LogP contribution in [0, 0.1) is 0 Å². The molecule has 1 unspecified atom stereocenters. The highest BCUT2D eigenvalue weighted by Gasteiger charge is 2.07. The smallest absolute Gasteiger partial charge is 0.302 e. The zero-order valence-electron chi connectivity index (χ0n) is 11.2. The quantitative estimate of drug-likeness (QED) is 0.754. The molecule has 0 amide bonds. The van der Waals surface area contributed by atoms with Gasteiger partial charge in [-0.05, 0) is 24.1 Å². The molecule has 0 aliphatic carbocycles. The van der Waals surface area contributed by atoms with Gasteiger partial charge in [0, 0.05) is 19.5 Å². The number of esters is 1. The van der Waals surface area contributed by atoms with Crippen molar-refractivity contribution in [2.45, 2.75) is 32.9 Å². The Labute approximate surface area is 108 Å². The molecule has 0 heterocycles. The third-order valence-electron chi connectivity index (χ3n) is 2.71. The van der Waals surface area contributed by atoms with Gasteiger partial charge in [0.25, 0.3) is 0 Å². The number of carbonyl (C=O) groups excluding carboxylic acids is 1. The number of hydrogen-bond acceptors (Lipinski definition) is 4. The van der Waals surface area contributed by atoms with Crippen LogP contribution in [0.2, 0.25) is 0 Å². The van der Waals surface area contributed by atoms with Crippen LogP contribution in [-0.2, 0) is 16.1 Å². The molecule has 4 nitrogen and oxygen atoms in total. The molecule has 18 heavy (non-hydrogen) atoms. The summed E-state index contributed by atoms with van der Waals surface area (Å²) < 4.78 is 10.2. The van der Waals surface area contributed by atoms with Crippen molar-refractivity contribution < 1.29 is 14.3 Å². The fraction of sp³-hybridized carbons (Fsp3) is 0.500. The first-order valence-corrected chi connectivity index (χ1v) is 6.15. The minimum atomic E-state index is -0.239. The first-order chi connectivity index (χ1) is 8.65. The fourth-order valence-corrected chi connectivity index (χ4v) is 1.58. The second-order valence-electron chi connectivity index (χ2n) is 4.14. The molecule has 0 aliphatic heterocycles. The summed E-state index contributed by atoms with van der Waals surface area (Å²) in [6, 6.07) is 8.09. The van der Waals surface area contributed by atoms with E-state index < -0.39 is 0 Å². The minimum absolute atomic E-state index is 0.181. The molecule has 0 aromatic heterocycles. The van der Waals surface area contributed by atoms with Crippen LogP contribution in [0.1, 0.15) is 25.8 Å². The van der Waals surface area contributed by atoms with E-state index >= 15 is 0 Å². The van der Waals surface area contributed by atoms with Gasteiger partial charge in [-0.2, -0.15) is 0 Å². The summed E-state index contributed by atoms with van der Waals surface area (Å²) >= 11 is 0. The van der Waals surface area contributed by atoms with E-state index in [0.717, 1.165) is 24.3 Å². The van der Waals surface area contributed by atoms with Crippen LogP contribution < -0.4 is 10.1 Å². The Hall–Kier alpha value is -1.55. The van der Waals surface area contributed by atoms with Crippen molar-refractivity contribution in [3.05, 3.63) is 29.8 Å². The van der Waals surface area contributed by atoms with Gasteiger partial charge in [0.2, 0.25) is 0 Å². The Morgan fingerprint density at radius 1 is 1.44 bits per heavy atom. The number of carbonyl (C=O) groups is 1. The lowest BCUT2D eigenvalue weighted by molar-refractivity contribution is -0.141. The molecule has 1 aromatic rings. The zero-order chi connectivity index (χ0) is 13.4. The molecule has 1 aromatic carbocycles. The topological polar surface area (TPSA) is 47.6 Å². The largest absolute Gasteiger partial charge is 0.497 e. The first kappa shape index (κ1) is 14.5. The summed E-state index contributed by atoms with van der Waals surface area (Å²) in [5.74, 6) is 0.610. The van der Waals surface area contributed by atoms with E-state index in [9.17, 15) is 4.79 Å². The maximum Gasteiger partial charge on any atom is 0.302 e. The standard InChI is InChI=1S/C14H21NO3/c1-4-13(10-18-11(2)16)15-9-12-6-5-7-14(8-12)17-3/h5-8,13,15H,4,9-10H2,1-3H3. The predicted molar refractivity (Wildman–Crippen MR) is 70.5 cm³/mol. The molecular weight excluding hydrogens is 230 g/mol. The van der Waals surface area contributed by atoms with Gasteiger partial charge in [-0.1, -0.05) is 19.1 Å². The van der Waals surface area contributed by atoms with E-state index in [4.69, 9.17) is 9.47 Å². The van der Waals surface area contributed by atoms with E-state index in [1.54, 1.807) is 7.11 Å². The summed E-state index contributed by atoms with van der Waals surface area (Å²) in [7, 11) is 1.65. The van der Waals surface area contributed by atoms with Crippen LogP contribution in [0.3, 0.4) is 0 Å². The van der Waals surface area contributed by atoms with Gasteiger partial charge in [-0.25, -0.2) is 0 Å². The summed E-state index contributed by atoms with van der Waals surface area (Å²) in [4.78, 5) is 10.8. The Balaban J connectivity index is 2.43. The van der Waals surface area contributed by atoms with Gasteiger partial charge < -0.3 is 14.8 Å². The van der Waals surface area contributed by atoms with Crippen LogP contribution in [0.5, 0.6) is 5.75 Å². The third-order valence-corrected chi connectivity index (χ3v) is 2.71. The van der Waals surface area contributed by atoms with Gasteiger partial charge in [-0.3, -0.25) is 4.79 Å². The molecule has 1 rings (SSSR count). The molecule has 0 aliphatic rings. The number of ether oxygens (including phenoxy) is 2. The Morgan fingerprint density at radius 2 is 2.22 bits per heavy atom. The van der Waals surface area contributed by atoms with Crippen molar-refractivity contribution in [1.82, 2.24) is 5.32 Å². The van der Waals surface area contributed by atoms with Crippen LogP contribution in [0.25, 0.3) is 0 Å². The maximum absolute atomic E-state index is 10.8. The van der Waals surface area contributed by atoms with Gasteiger partial charge in [0.1, 0.15) is 12.4 Å². The van der Waals surface area contributed by atoms with Crippen molar-refractivity contribution in [1.29, 1.82) is 0 Å². The molecule has 1 N–H and O–H groups in total. The van der Waals surface area contributed by atoms with Crippen molar-refractivity contribution in [3.63, 3.8) is 0 Å². The third kappa shape index (κ3) is 5.19. The summed E-state index contributed by atoms with van der Waals surface area (Å²) in [5, 5.41) is 3.36. The van der Waals surface area contributed by atoms with E-state index in [1.807, 2.05) is 24.3 Å². The molecule has 0 fully saturated rings. The number of rotatable bonds is 7. The highest BCUT2D eigenvalue weighted by molar-refractivity contribution is 5.65. The summed E-state index contributed by atoms with van der Waals surface area (Å²) in [6.45, 7) is 4.63. The van der Waals surface area contributed by atoms with Gasteiger partial charge >= 0.3 is 5.97 Å².